The Morgan fingerprint density at radius 2 is 1.76 bits per heavy atom. The summed E-state index contributed by atoms with van der Waals surface area (Å²) < 4.78 is 0. The quantitative estimate of drug-likeness (QED) is 0.855. The Kier molecular flexibility index (Phi) is 4.99. The van der Waals surface area contributed by atoms with E-state index in [2.05, 4.69) is 64.2 Å². The first-order chi connectivity index (χ1) is 12.3. The minimum absolute atomic E-state index is 0.489. The van der Waals surface area contributed by atoms with Crippen molar-refractivity contribution in [2.24, 2.45) is 0 Å². The zero-order chi connectivity index (χ0) is 17.1. The minimum atomic E-state index is 0.489. The smallest absolute Gasteiger partial charge is 0.133 e. The first-order valence-electron chi connectivity index (χ1n) is 9.47. The second-order valence-electron chi connectivity index (χ2n) is 7.32. The van der Waals surface area contributed by atoms with E-state index in [0.717, 1.165) is 32.7 Å². The lowest BCUT2D eigenvalue weighted by molar-refractivity contribution is 0.247. The summed E-state index contributed by atoms with van der Waals surface area (Å²) in [6.07, 6.45) is 4.46. The molecular formula is C21H28N4. The van der Waals surface area contributed by atoms with Crippen LogP contribution in [-0.4, -0.2) is 54.6 Å². The van der Waals surface area contributed by atoms with Crippen LogP contribution in [0.15, 0.2) is 48.7 Å². The number of benzene rings is 1. The predicted molar refractivity (Wildman–Crippen MR) is 103 cm³/mol. The number of anilines is 1. The number of nitrogens with zero attached hydrogens (tertiary/aromatic N) is 4. The van der Waals surface area contributed by atoms with Crippen LogP contribution < -0.4 is 4.90 Å². The number of likely N-dealkylation sites (N-methyl/N-ethyl adjacent to an activating group) is 1. The fourth-order valence-corrected chi connectivity index (χ4v) is 4.14. The summed E-state index contributed by atoms with van der Waals surface area (Å²) in [6.45, 7) is 6.60. The van der Waals surface area contributed by atoms with E-state index in [1.807, 2.05) is 6.20 Å². The summed E-state index contributed by atoms with van der Waals surface area (Å²) in [5.41, 5.74) is 2.82. The molecule has 4 nitrogen and oxygen atoms in total. The summed E-state index contributed by atoms with van der Waals surface area (Å²) in [4.78, 5) is 12.3. The van der Waals surface area contributed by atoms with Crippen molar-refractivity contribution in [3.63, 3.8) is 0 Å². The van der Waals surface area contributed by atoms with Crippen molar-refractivity contribution in [1.82, 2.24) is 14.8 Å². The number of hydrogen-bond acceptors (Lipinski definition) is 4. The molecule has 1 atom stereocenters. The first-order valence-corrected chi connectivity index (χ1v) is 9.47. The third-order valence-corrected chi connectivity index (χ3v) is 5.57. The molecule has 25 heavy (non-hydrogen) atoms. The molecule has 0 bridgehead atoms. The molecule has 0 unspecified atom stereocenters. The van der Waals surface area contributed by atoms with Gasteiger partial charge in [0.05, 0.1) is 0 Å². The van der Waals surface area contributed by atoms with Crippen LogP contribution >= 0.6 is 0 Å². The van der Waals surface area contributed by atoms with Crippen molar-refractivity contribution in [1.29, 1.82) is 0 Å². The number of hydrogen-bond donors (Lipinski definition) is 0. The van der Waals surface area contributed by atoms with Crippen LogP contribution in [0.2, 0.25) is 0 Å². The Balaban J connectivity index is 1.56. The van der Waals surface area contributed by atoms with E-state index in [0.29, 0.717) is 6.04 Å². The minimum Gasteiger partial charge on any atom is -0.354 e. The van der Waals surface area contributed by atoms with E-state index in [1.54, 1.807) is 0 Å². The van der Waals surface area contributed by atoms with Gasteiger partial charge in [-0.15, -0.1) is 0 Å². The van der Waals surface area contributed by atoms with E-state index < -0.39 is 0 Å². The SMILES string of the molecule is CN1CCN(c2ncccc2[C@@H]2CCCN2Cc2ccccc2)CC1. The lowest BCUT2D eigenvalue weighted by Crippen LogP contribution is -2.45. The molecule has 4 heteroatoms. The van der Waals surface area contributed by atoms with Gasteiger partial charge in [-0.2, -0.15) is 0 Å². The zero-order valence-corrected chi connectivity index (χ0v) is 15.1. The molecule has 4 rings (SSSR count). The van der Waals surface area contributed by atoms with Gasteiger partial charge < -0.3 is 9.80 Å². The highest BCUT2D eigenvalue weighted by atomic mass is 15.3. The highest BCUT2D eigenvalue weighted by Crippen LogP contribution is 2.37. The van der Waals surface area contributed by atoms with Crippen LogP contribution in [-0.2, 0) is 6.54 Å². The van der Waals surface area contributed by atoms with E-state index in [9.17, 15) is 0 Å². The van der Waals surface area contributed by atoms with Crippen molar-refractivity contribution in [2.75, 3.05) is 44.7 Å². The number of piperazine rings is 1. The highest BCUT2D eigenvalue weighted by molar-refractivity contribution is 5.49. The van der Waals surface area contributed by atoms with E-state index in [-0.39, 0.29) is 0 Å². The number of aromatic nitrogens is 1. The van der Waals surface area contributed by atoms with Gasteiger partial charge in [-0.05, 0) is 38.1 Å². The maximum atomic E-state index is 4.79. The molecule has 0 saturated carbocycles. The summed E-state index contributed by atoms with van der Waals surface area (Å²) in [5.74, 6) is 1.21. The molecular weight excluding hydrogens is 308 g/mol. The molecule has 1 aromatic heterocycles. The lowest BCUT2D eigenvalue weighted by atomic mass is 10.0. The summed E-state index contributed by atoms with van der Waals surface area (Å²) >= 11 is 0. The maximum Gasteiger partial charge on any atom is 0.133 e. The van der Waals surface area contributed by atoms with Crippen LogP contribution in [0.3, 0.4) is 0 Å². The van der Waals surface area contributed by atoms with Crippen molar-refractivity contribution in [3.8, 4) is 0 Å². The molecule has 3 heterocycles. The highest BCUT2D eigenvalue weighted by Gasteiger charge is 2.30. The van der Waals surface area contributed by atoms with Gasteiger partial charge in [0.15, 0.2) is 0 Å². The van der Waals surface area contributed by atoms with E-state index in [1.165, 1.54) is 36.3 Å². The van der Waals surface area contributed by atoms with Crippen LogP contribution in [0.25, 0.3) is 0 Å². The zero-order valence-electron chi connectivity index (χ0n) is 15.1. The predicted octanol–water partition coefficient (Wildman–Crippen LogP) is 3.17. The normalized spacial score (nSPS) is 22.4. The van der Waals surface area contributed by atoms with Gasteiger partial charge in [-0.3, -0.25) is 4.90 Å². The average Bonchev–Trinajstić information content (AvgIpc) is 3.11. The molecule has 2 aliphatic rings. The van der Waals surface area contributed by atoms with Gasteiger partial charge in [-0.1, -0.05) is 36.4 Å². The van der Waals surface area contributed by atoms with Crippen molar-refractivity contribution in [3.05, 3.63) is 59.8 Å². The van der Waals surface area contributed by atoms with Crippen LogP contribution in [0, 0.1) is 0 Å². The first kappa shape index (κ1) is 16.6. The Bertz CT molecular complexity index is 679. The second-order valence-corrected chi connectivity index (χ2v) is 7.32. The van der Waals surface area contributed by atoms with Gasteiger partial charge in [0.2, 0.25) is 0 Å². The molecule has 0 spiro atoms. The Morgan fingerprint density at radius 3 is 2.56 bits per heavy atom. The van der Waals surface area contributed by atoms with Crippen LogP contribution in [0.4, 0.5) is 5.82 Å². The van der Waals surface area contributed by atoms with Crippen molar-refractivity contribution in [2.45, 2.75) is 25.4 Å². The third kappa shape index (κ3) is 3.70. The van der Waals surface area contributed by atoms with E-state index in [4.69, 9.17) is 4.98 Å². The van der Waals surface area contributed by atoms with Crippen LogP contribution in [0.1, 0.15) is 30.0 Å². The van der Waals surface area contributed by atoms with Crippen LogP contribution in [0.5, 0.6) is 0 Å². The molecule has 2 aliphatic heterocycles. The maximum absolute atomic E-state index is 4.79. The Hall–Kier alpha value is -1.91. The second kappa shape index (κ2) is 7.54. The molecule has 132 valence electrons. The molecule has 2 saturated heterocycles. The average molecular weight is 336 g/mol. The lowest BCUT2D eigenvalue weighted by Gasteiger charge is -2.36. The molecule has 2 aromatic rings. The molecule has 1 aromatic carbocycles. The third-order valence-electron chi connectivity index (χ3n) is 5.57. The fourth-order valence-electron chi connectivity index (χ4n) is 4.14. The monoisotopic (exact) mass is 336 g/mol. The van der Waals surface area contributed by atoms with Gasteiger partial charge in [0.1, 0.15) is 5.82 Å². The van der Waals surface area contributed by atoms with Gasteiger partial charge in [-0.25, -0.2) is 4.98 Å². The van der Waals surface area contributed by atoms with E-state index >= 15 is 0 Å². The standard InChI is InChI=1S/C21H28N4/c1-23-13-15-24(16-14-23)21-19(9-5-11-22-21)20-10-6-12-25(20)17-18-7-3-2-4-8-18/h2-5,7-9,11,20H,6,10,12-17H2,1H3/t20-/m0/s1. The number of pyridine rings is 1. The summed E-state index contributed by atoms with van der Waals surface area (Å²) in [6, 6.07) is 15.7. The van der Waals surface area contributed by atoms with Crippen molar-refractivity contribution < 1.29 is 0 Å². The fraction of sp³-hybridized carbons (Fsp3) is 0.476. The molecule has 0 aliphatic carbocycles. The molecule has 0 N–H and O–H groups in total. The largest absolute Gasteiger partial charge is 0.354 e. The summed E-state index contributed by atoms with van der Waals surface area (Å²) in [5, 5.41) is 0. The van der Waals surface area contributed by atoms with Gasteiger partial charge in [0.25, 0.3) is 0 Å². The van der Waals surface area contributed by atoms with Crippen molar-refractivity contribution >= 4 is 5.82 Å². The molecule has 0 radical (unpaired) electrons. The summed E-state index contributed by atoms with van der Waals surface area (Å²) in [7, 11) is 2.20. The topological polar surface area (TPSA) is 22.6 Å². The molecule has 0 amide bonds. The Morgan fingerprint density at radius 1 is 0.960 bits per heavy atom. The van der Waals surface area contributed by atoms with Gasteiger partial charge >= 0.3 is 0 Å². The number of rotatable bonds is 4. The number of likely N-dealkylation sites (tertiary alicyclic amines) is 1. The molecule has 2 fully saturated rings. The Labute approximate surface area is 151 Å². The van der Waals surface area contributed by atoms with Gasteiger partial charge in [0, 0.05) is 50.5 Å².